The number of rotatable bonds is 6. The molecule has 3 heteroatoms. The number of ether oxygens (including phenoxy) is 1. The topological polar surface area (TPSA) is 21.3 Å². The standard InChI is InChI=1S/C18H30ClNO/c1-17(2,3)10-11-21-16(13-20-18(4,5)6)14-8-7-9-15(19)12-14/h7-9,12,16,20H,10-11,13H2,1-6H3. The number of hydrogen-bond donors (Lipinski definition) is 1. The maximum atomic E-state index is 6.13. The second-order valence-electron chi connectivity index (χ2n) is 7.86. The highest BCUT2D eigenvalue weighted by Gasteiger charge is 2.18. The van der Waals surface area contributed by atoms with E-state index in [2.05, 4.69) is 52.9 Å². The van der Waals surface area contributed by atoms with Crippen LogP contribution in [0, 0.1) is 5.41 Å². The van der Waals surface area contributed by atoms with Crippen molar-refractivity contribution in [2.24, 2.45) is 5.41 Å². The molecule has 0 saturated heterocycles. The molecule has 0 spiro atoms. The summed E-state index contributed by atoms with van der Waals surface area (Å²) in [6.45, 7) is 14.7. The molecule has 1 aromatic rings. The molecule has 21 heavy (non-hydrogen) atoms. The number of benzene rings is 1. The van der Waals surface area contributed by atoms with Crippen molar-refractivity contribution in [1.82, 2.24) is 5.32 Å². The first-order valence-electron chi connectivity index (χ1n) is 7.69. The van der Waals surface area contributed by atoms with E-state index in [-0.39, 0.29) is 17.1 Å². The summed E-state index contributed by atoms with van der Waals surface area (Å²) in [7, 11) is 0. The number of hydrogen-bond acceptors (Lipinski definition) is 2. The fraction of sp³-hybridized carbons (Fsp3) is 0.667. The van der Waals surface area contributed by atoms with Crippen LogP contribution in [0.3, 0.4) is 0 Å². The third kappa shape index (κ3) is 8.45. The van der Waals surface area contributed by atoms with Gasteiger partial charge in [-0.15, -0.1) is 0 Å². The summed E-state index contributed by atoms with van der Waals surface area (Å²) in [6, 6.07) is 7.95. The van der Waals surface area contributed by atoms with Gasteiger partial charge in [-0.2, -0.15) is 0 Å². The van der Waals surface area contributed by atoms with Crippen molar-refractivity contribution in [3.05, 3.63) is 34.9 Å². The van der Waals surface area contributed by atoms with E-state index in [4.69, 9.17) is 16.3 Å². The smallest absolute Gasteiger partial charge is 0.0949 e. The predicted octanol–water partition coefficient (Wildman–Crippen LogP) is 5.22. The molecule has 0 bridgehead atoms. The van der Waals surface area contributed by atoms with Gasteiger partial charge in [0.2, 0.25) is 0 Å². The van der Waals surface area contributed by atoms with E-state index in [9.17, 15) is 0 Å². The van der Waals surface area contributed by atoms with E-state index in [1.807, 2.05) is 18.2 Å². The Bertz CT molecular complexity index is 432. The van der Waals surface area contributed by atoms with Gasteiger partial charge in [0, 0.05) is 23.7 Å². The van der Waals surface area contributed by atoms with Gasteiger partial charge in [0.25, 0.3) is 0 Å². The van der Waals surface area contributed by atoms with Crippen LogP contribution in [0.5, 0.6) is 0 Å². The average molecular weight is 312 g/mol. The van der Waals surface area contributed by atoms with E-state index in [1.165, 1.54) is 0 Å². The van der Waals surface area contributed by atoms with Crippen LogP contribution in [0.15, 0.2) is 24.3 Å². The largest absolute Gasteiger partial charge is 0.372 e. The van der Waals surface area contributed by atoms with E-state index >= 15 is 0 Å². The molecule has 0 saturated carbocycles. The van der Waals surface area contributed by atoms with E-state index in [1.54, 1.807) is 0 Å². The number of nitrogens with one attached hydrogen (secondary N) is 1. The van der Waals surface area contributed by atoms with Crippen molar-refractivity contribution >= 4 is 11.6 Å². The summed E-state index contributed by atoms with van der Waals surface area (Å²) in [5.41, 5.74) is 1.49. The molecule has 0 aliphatic rings. The van der Waals surface area contributed by atoms with Gasteiger partial charge >= 0.3 is 0 Å². The molecule has 0 fully saturated rings. The summed E-state index contributed by atoms with van der Waals surface area (Å²) in [5.74, 6) is 0. The van der Waals surface area contributed by atoms with Gasteiger partial charge < -0.3 is 10.1 Å². The van der Waals surface area contributed by atoms with Crippen molar-refractivity contribution in [3.8, 4) is 0 Å². The molecule has 0 aliphatic heterocycles. The first-order chi connectivity index (χ1) is 9.57. The Balaban J connectivity index is 2.70. The predicted molar refractivity (Wildman–Crippen MR) is 92.0 cm³/mol. The molecular weight excluding hydrogens is 282 g/mol. The molecule has 1 rings (SSSR count). The van der Waals surface area contributed by atoms with Crippen LogP contribution >= 0.6 is 11.6 Å². The van der Waals surface area contributed by atoms with E-state index < -0.39 is 0 Å². The molecule has 1 N–H and O–H groups in total. The van der Waals surface area contributed by atoms with Crippen molar-refractivity contribution in [2.75, 3.05) is 13.2 Å². The molecule has 0 radical (unpaired) electrons. The number of halogens is 1. The molecule has 1 atom stereocenters. The normalized spacial score (nSPS) is 14.2. The highest BCUT2D eigenvalue weighted by atomic mass is 35.5. The molecule has 2 nitrogen and oxygen atoms in total. The third-order valence-electron chi connectivity index (χ3n) is 3.21. The monoisotopic (exact) mass is 311 g/mol. The van der Waals surface area contributed by atoms with Crippen molar-refractivity contribution < 1.29 is 4.74 Å². The first-order valence-corrected chi connectivity index (χ1v) is 8.07. The zero-order valence-electron chi connectivity index (χ0n) is 14.3. The Morgan fingerprint density at radius 1 is 1.14 bits per heavy atom. The Hall–Kier alpha value is -0.570. The van der Waals surface area contributed by atoms with Gasteiger partial charge in [0.15, 0.2) is 0 Å². The zero-order chi connectivity index (χ0) is 16.1. The van der Waals surface area contributed by atoms with Crippen LogP contribution in [-0.4, -0.2) is 18.7 Å². The first kappa shape index (κ1) is 18.5. The van der Waals surface area contributed by atoms with Gasteiger partial charge in [-0.1, -0.05) is 44.5 Å². The van der Waals surface area contributed by atoms with Gasteiger partial charge in [0.05, 0.1) is 6.10 Å². The van der Waals surface area contributed by atoms with Gasteiger partial charge in [0.1, 0.15) is 0 Å². The lowest BCUT2D eigenvalue weighted by atomic mass is 9.93. The average Bonchev–Trinajstić information content (AvgIpc) is 2.30. The van der Waals surface area contributed by atoms with Gasteiger partial charge in [-0.25, -0.2) is 0 Å². The minimum absolute atomic E-state index is 0.0327. The summed E-state index contributed by atoms with van der Waals surface area (Å²) >= 11 is 6.11. The second kappa shape index (κ2) is 7.62. The molecule has 0 amide bonds. The fourth-order valence-corrected chi connectivity index (χ4v) is 2.08. The summed E-state index contributed by atoms with van der Waals surface area (Å²) in [6.07, 6.45) is 1.07. The lowest BCUT2D eigenvalue weighted by molar-refractivity contribution is 0.0333. The Labute approximate surface area is 135 Å². The molecular formula is C18H30ClNO. The van der Waals surface area contributed by atoms with E-state index in [0.717, 1.165) is 30.2 Å². The molecule has 1 unspecified atom stereocenters. The lowest BCUT2D eigenvalue weighted by Crippen LogP contribution is -2.39. The van der Waals surface area contributed by atoms with Crippen molar-refractivity contribution in [3.63, 3.8) is 0 Å². The summed E-state index contributed by atoms with van der Waals surface area (Å²) < 4.78 is 6.13. The van der Waals surface area contributed by atoms with Crippen molar-refractivity contribution in [2.45, 2.75) is 59.6 Å². The summed E-state index contributed by atoms with van der Waals surface area (Å²) in [4.78, 5) is 0. The maximum absolute atomic E-state index is 6.13. The maximum Gasteiger partial charge on any atom is 0.0949 e. The van der Waals surface area contributed by atoms with Crippen LogP contribution in [0.25, 0.3) is 0 Å². The Morgan fingerprint density at radius 3 is 2.33 bits per heavy atom. The van der Waals surface area contributed by atoms with Gasteiger partial charge in [-0.3, -0.25) is 0 Å². The van der Waals surface area contributed by atoms with Crippen LogP contribution in [0.2, 0.25) is 5.02 Å². The van der Waals surface area contributed by atoms with Crippen LogP contribution < -0.4 is 5.32 Å². The quantitative estimate of drug-likeness (QED) is 0.777. The Kier molecular flexibility index (Phi) is 6.71. The SMILES string of the molecule is CC(C)(C)CCOC(CNC(C)(C)C)c1cccc(Cl)c1. The zero-order valence-corrected chi connectivity index (χ0v) is 15.1. The van der Waals surface area contributed by atoms with Crippen molar-refractivity contribution in [1.29, 1.82) is 0 Å². The molecule has 120 valence electrons. The van der Waals surface area contributed by atoms with E-state index in [0.29, 0.717) is 0 Å². The fourth-order valence-electron chi connectivity index (χ4n) is 1.89. The highest BCUT2D eigenvalue weighted by molar-refractivity contribution is 6.30. The van der Waals surface area contributed by atoms with Crippen LogP contribution in [0.4, 0.5) is 0 Å². The van der Waals surface area contributed by atoms with Crippen LogP contribution in [0.1, 0.15) is 59.6 Å². The molecule has 0 heterocycles. The molecule has 0 aromatic heterocycles. The minimum atomic E-state index is 0.0327. The van der Waals surface area contributed by atoms with Crippen LogP contribution in [-0.2, 0) is 4.74 Å². The van der Waals surface area contributed by atoms with Gasteiger partial charge in [-0.05, 0) is 50.3 Å². The Morgan fingerprint density at radius 2 is 1.81 bits per heavy atom. The highest BCUT2D eigenvalue weighted by Crippen LogP contribution is 2.24. The lowest BCUT2D eigenvalue weighted by Gasteiger charge is -2.27. The minimum Gasteiger partial charge on any atom is -0.372 e. The second-order valence-corrected chi connectivity index (χ2v) is 8.29. The molecule has 0 aliphatic carbocycles. The molecule has 1 aromatic carbocycles. The summed E-state index contributed by atoms with van der Waals surface area (Å²) in [5, 5.41) is 4.28. The third-order valence-corrected chi connectivity index (χ3v) is 3.44.